The molecular weight excluding hydrogens is 1330 g/mol. The summed E-state index contributed by atoms with van der Waals surface area (Å²) in [4.78, 5) is 25.9. The van der Waals surface area contributed by atoms with Crippen LogP contribution in [0.5, 0.6) is 5.75 Å². The molecule has 107 heavy (non-hydrogen) atoms. The van der Waals surface area contributed by atoms with E-state index in [1.807, 2.05) is 102 Å². The molecule has 0 bridgehead atoms. The van der Waals surface area contributed by atoms with E-state index in [4.69, 9.17) is 42.9 Å². The molecule has 500 valence electrons. The minimum atomic E-state index is -0.484. The number of thiophene rings is 1. The zero-order chi connectivity index (χ0) is 70.2. The van der Waals surface area contributed by atoms with Crippen LogP contribution in [0, 0.1) is 0 Å². The molecule has 0 saturated carbocycles. The van der Waals surface area contributed by atoms with Gasteiger partial charge in [-0.25, -0.2) is 24.9 Å². The van der Waals surface area contributed by atoms with Crippen molar-refractivity contribution < 1.29 is 18.0 Å². The zero-order valence-corrected chi connectivity index (χ0v) is 57.8. The van der Waals surface area contributed by atoms with Crippen LogP contribution in [-0.2, 0) is 0 Å². The number of anilines is 1. The molecule has 10 nitrogen and oxygen atoms in total. The van der Waals surface area contributed by atoms with Gasteiger partial charge in [0.05, 0.1) is 5.69 Å². The maximum Gasteiger partial charge on any atom is 0.227 e. The van der Waals surface area contributed by atoms with Crippen molar-refractivity contribution in [2.45, 2.75) is 6.23 Å². The van der Waals surface area contributed by atoms with Crippen LogP contribution in [0.3, 0.4) is 0 Å². The largest absolute Gasteiger partial charge is 0.464 e. The molecule has 0 saturated heterocycles. The summed E-state index contributed by atoms with van der Waals surface area (Å²) in [6.45, 7) is 0. The molecule has 1 unspecified atom stereocenters. The number of ether oxygens (including phenoxy) is 1. The van der Waals surface area contributed by atoms with E-state index >= 15 is 0 Å². The topological polar surface area (TPSA) is 125 Å². The Morgan fingerprint density at radius 2 is 0.804 bits per heavy atom. The minimum Gasteiger partial charge on any atom is -0.464 e. The van der Waals surface area contributed by atoms with E-state index in [-0.39, 0.29) is 0 Å². The van der Waals surface area contributed by atoms with Gasteiger partial charge in [-0.3, -0.25) is 0 Å². The van der Waals surface area contributed by atoms with Crippen molar-refractivity contribution in [3.8, 4) is 118 Å². The fourth-order valence-corrected chi connectivity index (χ4v) is 17.0. The molecule has 1 N–H and O–H groups in total. The number of rotatable bonds is 11. The Balaban J connectivity index is 0.632. The van der Waals surface area contributed by atoms with Crippen LogP contribution in [0.2, 0.25) is 0 Å². The minimum absolute atomic E-state index is 0.484. The zero-order valence-electron chi connectivity index (χ0n) is 57.0. The van der Waals surface area contributed by atoms with Gasteiger partial charge in [0.2, 0.25) is 11.8 Å². The highest BCUT2D eigenvalue weighted by Gasteiger charge is 2.29. The van der Waals surface area contributed by atoms with Crippen molar-refractivity contribution in [3.63, 3.8) is 0 Å². The van der Waals surface area contributed by atoms with Crippen molar-refractivity contribution in [2.75, 3.05) is 5.32 Å². The first-order chi connectivity index (χ1) is 52.9. The summed E-state index contributed by atoms with van der Waals surface area (Å²) in [6, 6.07) is 114. The van der Waals surface area contributed by atoms with Crippen LogP contribution in [0.4, 0.5) is 5.69 Å². The second kappa shape index (κ2) is 24.2. The first-order valence-electron chi connectivity index (χ1n) is 35.8. The van der Waals surface area contributed by atoms with Crippen LogP contribution >= 0.6 is 11.3 Å². The molecule has 1 atom stereocenters. The van der Waals surface area contributed by atoms with Crippen molar-refractivity contribution in [1.29, 1.82) is 0 Å². The van der Waals surface area contributed by atoms with Crippen LogP contribution in [0.15, 0.2) is 341 Å². The van der Waals surface area contributed by atoms with Crippen LogP contribution < -0.4 is 10.1 Å². The SMILES string of the molecule is c1ccc(-c2ccc(-c3nc(-c4ccccc4)nc(-c4ccc5ccc6oc(-c7cccc(-c8cc(-c9cccc%10c9sc9ccccc9%10)cc9c%10c(ccc89)OC(c8ccc(-c9cc(-c%11cccc%12c%11oc%11ccccc%11%12)cc%11c9ccc9oc(-c%12ccccc%12)nc9%11)cc8)N%10)c7)nc6c5c4)n3)cc2)cc1. The summed E-state index contributed by atoms with van der Waals surface area (Å²) >= 11 is 1.83. The Kier molecular flexibility index (Phi) is 13.7. The summed E-state index contributed by atoms with van der Waals surface area (Å²) in [5.41, 5.74) is 21.6. The average molecular weight is 1390 g/mol. The van der Waals surface area contributed by atoms with E-state index in [9.17, 15) is 0 Å². The Bertz CT molecular complexity index is 7190. The molecule has 16 aromatic carbocycles. The number of nitrogens with one attached hydrogen (secondary N) is 1. The number of para-hydroxylation sites is 2. The second-order valence-electron chi connectivity index (χ2n) is 27.4. The lowest BCUT2D eigenvalue weighted by molar-refractivity contribution is 0.260. The number of oxazole rings is 2. The van der Waals surface area contributed by atoms with Gasteiger partial charge in [0, 0.05) is 86.0 Å². The average Bonchev–Trinajstić information content (AvgIpc) is 1.69. The summed E-state index contributed by atoms with van der Waals surface area (Å²) in [6.07, 6.45) is -0.484. The Morgan fingerprint density at radius 3 is 1.59 bits per heavy atom. The highest BCUT2D eigenvalue weighted by atomic mass is 32.1. The van der Waals surface area contributed by atoms with Gasteiger partial charge in [0.15, 0.2) is 34.9 Å². The van der Waals surface area contributed by atoms with Crippen LogP contribution in [0.25, 0.3) is 209 Å². The standard InChI is InChI=1S/C96H56N6O4S/c1-4-17-55(18-5-1)56-33-38-60(39-34-56)92-100-91(59-19-6-2-7-20-59)101-93(102-92)64-42-37-58-43-46-82-86(78(58)50-64)97-96(106-82)65-24-14-23-63(49-65)77-52-67(69-28-16-30-75-73-26-11-13-32-85(73)107-90(69)75)54-80-71(77)45-48-84-88(80)99-95(105-84)62-40-35-57(36-41-62)76-51-66(68-27-15-29-74-72-25-10-12-31-81(72)103-89(68)74)53-79-70(76)44-47-83-87(79)98-94(104-83)61-21-8-3-9-22-61/h1-54,95,99H. The molecule has 0 amide bonds. The van der Waals surface area contributed by atoms with E-state index in [1.165, 1.54) is 20.2 Å². The van der Waals surface area contributed by atoms with Gasteiger partial charge in [-0.2, -0.15) is 0 Å². The van der Waals surface area contributed by atoms with E-state index in [2.05, 4.69) is 242 Å². The number of hydrogen-bond donors (Lipinski definition) is 1. The molecule has 5 aromatic heterocycles. The lowest BCUT2D eigenvalue weighted by Gasteiger charge is -2.15. The van der Waals surface area contributed by atoms with E-state index in [1.54, 1.807) is 0 Å². The highest BCUT2D eigenvalue weighted by molar-refractivity contribution is 7.26. The van der Waals surface area contributed by atoms with E-state index in [0.29, 0.717) is 34.8 Å². The molecule has 11 heteroatoms. The fraction of sp³-hybridized carbons (Fsp3) is 0.0104. The molecule has 0 radical (unpaired) electrons. The fourth-order valence-electron chi connectivity index (χ4n) is 15.8. The van der Waals surface area contributed by atoms with Crippen molar-refractivity contribution in [1.82, 2.24) is 24.9 Å². The molecule has 0 spiro atoms. The Hall–Kier alpha value is -14.1. The summed E-state index contributed by atoms with van der Waals surface area (Å²) in [5.74, 6) is 3.60. The molecule has 6 heterocycles. The summed E-state index contributed by atoms with van der Waals surface area (Å²) in [5, 5.41) is 14.6. The predicted molar refractivity (Wildman–Crippen MR) is 435 cm³/mol. The Morgan fingerprint density at radius 1 is 0.280 bits per heavy atom. The van der Waals surface area contributed by atoms with Crippen molar-refractivity contribution >= 4 is 114 Å². The molecule has 0 fully saturated rings. The van der Waals surface area contributed by atoms with Crippen molar-refractivity contribution in [2.24, 2.45) is 0 Å². The Labute approximate surface area is 615 Å². The molecule has 1 aliphatic heterocycles. The monoisotopic (exact) mass is 1390 g/mol. The number of hydrogen-bond acceptors (Lipinski definition) is 11. The molecule has 0 aliphatic carbocycles. The maximum atomic E-state index is 7.01. The number of benzene rings is 16. The lowest BCUT2D eigenvalue weighted by atomic mass is 9.91. The number of fused-ring (bicyclic) bond motifs is 15. The van der Waals surface area contributed by atoms with Gasteiger partial charge in [-0.1, -0.05) is 231 Å². The maximum absolute atomic E-state index is 7.01. The smallest absolute Gasteiger partial charge is 0.227 e. The van der Waals surface area contributed by atoms with Crippen molar-refractivity contribution in [3.05, 3.63) is 333 Å². The molecule has 22 rings (SSSR count). The first kappa shape index (κ1) is 60.5. The van der Waals surface area contributed by atoms with Crippen LogP contribution in [-0.4, -0.2) is 24.9 Å². The first-order valence-corrected chi connectivity index (χ1v) is 36.6. The molecule has 21 aromatic rings. The third-order valence-electron chi connectivity index (χ3n) is 21.1. The van der Waals surface area contributed by atoms with Gasteiger partial charge >= 0.3 is 0 Å². The molecule has 1 aliphatic rings. The third-order valence-corrected chi connectivity index (χ3v) is 22.3. The normalized spacial score (nSPS) is 12.9. The summed E-state index contributed by atoms with van der Waals surface area (Å²) < 4.78 is 29.5. The van der Waals surface area contributed by atoms with Gasteiger partial charge < -0.3 is 23.3 Å². The van der Waals surface area contributed by atoms with Crippen LogP contribution in [0.1, 0.15) is 11.8 Å². The second-order valence-corrected chi connectivity index (χ2v) is 28.4. The lowest BCUT2D eigenvalue weighted by Crippen LogP contribution is -2.09. The van der Waals surface area contributed by atoms with Gasteiger partial charge in [-0.15, -0.1) is 11.3 Å². The number of furan rings is 1. The number of nitrogens with zero attached hydrogens (tertiary/aromatic N) is 5. The predicted octanol–water partition coefficient (Wildman–Crippen LogP) is 26.1. The molecular formula is C96H56N6O4S. The number of aromatic nitrogens is 5. The highest BCUT2D eigenvalue weighted by Crippen LogP contribution is 2.50. The van der Waals surface area contributed by atoms with Gasteiger partial charge in [-0.05, 0) is 163 Å². The van der Waals surface area contributed by atoms with E-state index < -0.39 is 6.23 Å². The summed E-state index contributed by atoms with van der Waals surface area (Å²) in [7, 11) is 0. The van der Waals surface area contributed by atoms with Gasteiger partial charge in [0.1, 0.15) is 27.9 Å². The van der Waals surface area contributed by atoms with Gasteiger partial charge in [0.25, 0.3) is 0 Å². The third kappa shape index (κ3) is 10.2. The quantitative estimate of drug-likeness (QED) is 0.134. The van der Waals surface area contributed by atoms with E-state index in [0.717, 1.165) is 171 Å².